The van der Waals surface area contributed by atoms with E-state index in [0.717, 1.165) is 0 Å². The maximum Gasteiger partial charge on any atom is 0.377 e. The maximum absolute atomic E-state index is 10.6. The molecular weight excluding hydrogens is 161 g/mol. The maximum atomic E-state index is 10.6. The normalized spacial score (nSPS) is 10.0. The Labute approximate surface area is 71.1 Å². The van der Waals surface area contributed by atoms with E-state index < -0.39 is 13.0 Å². The highest BCUT2D eigenvalue weighted by molar-refractivity contribution is 6.45. The zero-order valence-electron chi connectivity index (χ0n) is 7.15. The summed E-state index contributed by atoms with van der Waals surface area (Å²) in [5.41, 5.74) is 0. The van der Waals surface area contributed by atoms with Crippen molar-refractivity contribution >= 4 is 18.8 Å². The lowest BCUT2D eigenvalue weighted by Gasteiger charge is -2.18. The summed E-state index contributed by atoms with van der Waals surface area (Å²) in [6.45, 7) is 2.41. The average Bonchev–Trinajstić information content (AvgIpc) is 1.83. The van der Waals surface area contributed by atoms with Crippen LogP contribution in [0.15, 0.2) is 0 Å². The number of carboxylic acid groups (broad SMARTS) is 1. The van der Waals surface area contributed by atoms with Gasteiger partial charge in [0, 0.05) is 6.54 Å². The molecule has 12 heavy (non-hydrogen) atoms. The van der Waals surface area contributed by atoms with Crippen molar-refractivity contribution < 1.29 is 19.7 Å². The Morgan fingerprint density at radius 3 is 2.17 bits per heavy atom. The van der Waals surface area contributed by atoms with Gasteiger partial charge in [-0.05, 0) is 13.7 Å². The van der Waals surface area contributed by atoms with Crippen LogP contribution in [0.1, 0.15) is 6.92 Å². The molecule has 2 N–H and O–H groups in total. The number of hydrogen-bond donors (Lipinski definition) is 2. The van der Waals surface area contributed by atoms with Crippen molar-refractivity contribution in [2.45, 2.75) is 13.7 Å². The number of ketones is 1. The first-order valence-electron chi connectivity index (χ1n) is 3.57. The predicted molar refractivity (Wildman–Crippen MR) is 43.7 cm³/mol. The fraction of sp³-hybridized carbons (Fsp3) is 0.667. The molecule has 0 aromatic heterocycles. The largest absolute Gasteiger partial charge is 0.480 e. The average molecular weight is 173 g/mol. The molecule has 0 aliphatic carbocycles. The summed E-state index contributed by atoms with van der Waals surface area (Å²) in [4.78, 5) is 22.0. The minimum absolute atomic E-state index is 0.0377. The lowest BCUT2D eigenvalue weighted by Crippen LogP contribution is -2.43. The number of carbonyl (C=O) groups is 2. The molecule has 0 aliphatic heterocycles. The SMILES string of the molecule is CB(O)N(CC(C)=O)CC(=O)O. The number of carbonyl (C=O) groups excluding carboxylic acids is 1. The second-order valence-corrected chi connectivity index (χ2v) is 2.63. The Kier molecular flexibility index (Phi) is 4.54. The van der Waals surface area contributed by atoms with E-state index in [1.165, 1.54) is 18.6 Å². The first-order chi connectivity index (χ1) is 5.43. The third-order valence-electron chi connectivity index (χ3n) is 1.29. The van der Waals surface area contributed by atoms with Crippen LogP contribution in [-0.4, -0.2) is 46.8 Å². The van der Waals surface area contributed by atoms with Gasteiger partial charge in [-0.1, -0.05) is 0 Å². The molecule has 0 spiro atoms. The van der Waals surface area contributed by atoms with Gasteiger partial charge in [0.15, 0.2) is 0 Å². The van der Waals surface area contributed by atoms with Crippen molar-refractivity contribution in [2.24, 2.45) is 0 Å². The zero-order valence-corrected chi connectivity index (χ0v) is 7.15. The van der Waals surface area contributed by atoms with E-state index in [9.17, 15) is 9.59 Å². The Morgan fingerprint density at radius 1 is 1.42 bits per heavy atom. The van der Waals surface area contributed by atoms with Crippen LogP contribution >= 0.6 is 0 Å². The van der Waals surface area contributed by atoms with Crippen LogP contribution < -0.4 is 0 Å². The van der Waals surface area contributed by atoms with Gasteiger partial charge in [-0.15, -0.1) is 0 Å². The van der Waals surface area contributed by atoms with Crippen LogP contribution in [0.5, 0.6) is 0 Å². The lowest BCUT2D eigenvalue weighted by molar-refractivity contribution is -0.137. The molecule has 0 unspecified atom stereocenters. The molecule has 0 aromatic carbocycles. The van der Waals surface area contributed by atoms with Gasteiger partial charge in [-0.25, -0.2) is 0 Å². The topological polar surface area (TPSA) is 77.8 Å². The predicted octanol–water partition coefficient (Wildman–Crippen LogP) is -0.928. The first-order valence-corrected chi connectivity index (χ1v) is 3.57. The van der Waals surface area contributed by atoms with Crippen molar-refractivity contribution in [3.05, 3.63) is 0 Å². The van der Waals surface area contributed by atoms with E-state index in [0.29, 0.717) is 0 Å². The van der Waals surface area contributed by atoms with E-state index in [2.05, 4.69) is 0 Å². The zero-order chi connectivity index (χ0) is 9.72. The minimum atomic E-state index is -1.06. The van der Waals surface area contributed by atoms with E-state index in [1.54, 1.807) is 0 Å². The van der Waals surface area contributed by atoms with Gasteiger partial charge in [0.2, 0.25) is 0 Å². The Morgan fingerprint density at radius 2 is 1.92 bits per heavy atom. The van der Waals surface area contributed by atoms with Gasteiger partial charge in [-0.3, -0.25) is 9.59 Å². The molecule has 0 amide bonds. The minimum Gasteiger partial charge on any atom is -0.480 e. The molecular formula is C6H12BNO4. The molecule has 0 saturated carbocycles. The van der Waals surface area contributed by atoms with Crippen molar-refractivity contribution in [1.29, 1.82) is 0 Å². The number of nitrogens with zero attached hydrogens (tertiary/aromatic N) is 1. The van der Waals surface area contributed by atoms with E-state index in [-0.39, 0.29) is 18.9 Å². The lowest BCUT2D eigenvalue weighted by atomic mass is 9.85. The summed E-state index contributed by atoms with van der Waals surface area (Å²) >= 11 is 0. The van der Waals surface area contributed by atoms with Crippen molar-refractivity contribution in [1.82, 2.24) is 4.81 Å². The van der Waals surface area contributed by atoms with Crippen LogP contribution in [0.25, 0.3) is 0 Å². The van der Waals surface area contributed by atoms with E-state index in [1.807, 2.05) is 0 Å². The van der Waals surface area contributed by atoms with Crippen molar-refractivity contribution in [3.63, 3.8) is 0 Å². The number of Topliss-reactive ketones (excluding diaryl/α,β-unsaturated/α-hetero) is 1. The molecule has 0 radical (unpaired) electrons. The van der Waals surface area contributed by atoms with Gasteiger partial charge in [0.25, 0.3) is 0 Å². The number of hydrogen-bond acceptors (Lipinski definition) is 4. The van der Waals surface area contributed by atoms with Gasteiger partial charge >= 0.3 is 13.0 Å². The van der Waals surface area contributed by atoms with Gasteiger partial charge in [-0.2, -0.15) is 0 Å². The second-order valence-electron chi connectivity index (χ2n) is 2.63. The molecule has 0 aromatic rings. The molecule has 5 nitrogen and oxygen atoms in total. The molecule has 0 heterocycles. The molecule has 0 rings (SSSR count). The van der Waals surface area contributed by atoms with Gasteiger partial charge in [0.1, 0.15) is 5.78 Å². The van der Waals surface area contributed by atoms with E-state index in [4.69, 9.17) is 10.1 Å². The molecule has 0 bridgehead atoms. The number of rotatable bonds is 5. The van der Waals surface area contributed by atoms with Crippen molar-refractivity contribution in [3.8, 4) is 0 Å². The van der Waals surface area contributed by atoms with Crippen LogP contribution in [0.4, 0.5) is 0 Å². The van der Waals surface area contributed by atoms with Crippen molar-refractivity contribution in [2.75, 3.05) is 13.1 Å². The Balaban J connectivity index is 4.04. The van der Waals surface area contributed by atoms with Crippen LogP contribution in [0.3, 0.4) is 0 Å². The highest BCUT2D eigenvalue weighted by atomic mass is 16.4. The summed E-state index contributed by atoms with van der Waals surface area (Å²) in [6.07, 6.45) is 0. The molecule has 0 saturated heterocycles. The molecule has 0 aliphatic rings. The molecule has 0 atom stereocenters. The summed E-state index contributed by atoms with van der Waals surface area (Å²) in [6, 6.07) is 0. The smallest absolute Gasteiger partial charge is 0.377 e. The molecule has 0 fully saturated rings. The fourth-order valence-electron chi connectivity index (χ4n) is 0.780. The fourth-order valence-corrected chi connectivity index (χ4v) is 0.780. The third kappa shape index (κ3) is 4.87. The number of carboxylic acids is 1. The monoisotopic (exact) mass is 173 g/mol. The summed E-state index contributed by atoms with van der Waals surface area (Å²) < 4.78 is 0. The summed E-state index contributed by atoms with van der Waals surface area (Å²) in [7, 11) is -0.912. The second kappa shape index (κ2) is 4.89. The molecule has 6 heteroatoms. The summed E-state index contributed by atoms with van der Waals surface area (Å²) in [5.74, 6) is -1.23. The molecule has 68 valence electrons. The third-order valence-corrected chi connectivity index (χ3v) is 1.29. The highest BCUT2D eigenvalue weighted by Gasteiger charge is 2.19. The highest BCUT2D eigenvalue weighted by Crippen LogP contribution is 1.91. The van der Waals surface area contributed by atoms with Gasteiger partial charge in [0.05, 0.1) is 6.54 Å². The van der Waals surface area contributed by atoms with E-state index >= 15 is 0 Å². The van der Waals surface area contributed by atoms with Gasteiger partial charge < -0.3 is 14.9 Å². The quantitative estimate of drug-likeness (QED) is 0.525. The summed E-state index contributed by atoms with van der Waals surface area (Å²) in [5, 5.41) is 17.4. The number of aliphatic carboxylic acids is 1. The van der Waals surface area contributed by atoms with Crippen LogP contribution in [0.2, 0.25) is 6.82 Å². The van der Waals surface area contributed by atoms with Crippen LogP contribution in [-0.2, 0) is 9.59 Å². The Hall–Kier alpha value is -0.875. The van der Waals surface area contributed by atoms with Crippen LogP contribution in [0, 0.1) is 0 Å². The first kappa shape index (κ1) is 11.1. The Bertz CT molecular complexity index is 166. The standard InChI is InChI=1S/C6H12BNO4/c1-5(9)3-8(7(2)12)4-6(10)11/h12H,3-4H2,1-2H3,(H,10,11).